The molecule has 0 unspecified atom stereocenters. The molecule has 35 heavy (non-hydrogen) atoms. The number of halogens is 2. The normalized spacial score (nSPS) is 13.9. The van der Waals surface area contributed by atoms with E-state index in [-0.39, 0.29) is 50.0 Å². The third-order valence-electron chi connectivity index (χ3n) is 4.80. The number of methoxy groups -OCH3 is 1. The molecule has 0 saturated carbocycles. The second-order valence-electron chi connectivity index (χ2n) is 7.04. The molecular weight excluding hydrogens is 499 g/mol. The van der Waals surface area contributed by atoms with Crippen LogP contribution in [0.2, 0.25) is 10.0 Å². The highest BCUT2D eigenvalue weighted by Gasteiger charge is 2.26. The number of carbonyl (C=O) groups excluding carboxylic acids is 2. The highest BCUT2D eigenvalue weighted by Crippen LogP contribution is 2.32. The van der Waals surface area contributed by atoms with Gasteiger partial charge in [-0.15, -0.1) is 0 Å². The van der Waals surface area contributed by atoms with Crippen LogP contribution in [-0.4, -0.2) is 29.9 Å². The summed E-state index contributed by atoms with van der Waals surface area (Å²) in [5.41, 5.74) is 0.531. The van der Waals surface area contributed by atoms with Crippen molar-refractivity contribution in [2.45, 2.75) is 0 Å². The summed E-state index contributed by atoms with van der Waals surface area (Å²) in [6, 6.07) is 15.0. The maximum atomic E-state index is 12.5. The number of nitrogens with zero attached hydrogens (tertiary/aromatic N) is 2. The molecule has 0 aliphatic carbocycles. The number of esters is 2. The minimum atomic E-state index is -0.745. The molecule has 3 aromatic carbocycles. The van der Waals surface area contributed by atoms with Crippen molar-refractivity contribution >= 4 is 52.8 Å². The van der Waals surface area contributed by atoms with E-state index in [0.29, 0.717) is 5.56 Å². The van der Waals surface area contributed by atoms with Gasteiger partial charge in [0.05, 0.1) is 22.6 Å². The Morgan fingerprint density at radius 2 is 1.83 bits per heavy atom. The first-order valence-corrected chi connectivity index (χ1v) is 10.6. The number of nitro groups is 1. The molecule has 9 nitrogen and oxygen atoms in total. The van der Waals surface area contributed by atoms with Gasteiger partial charge in [-0.2, -0.15) is 0 Å². The van der Waals surface area contributed by atoms with E-state index < -0.39 is 16.9 Å². The molecular formula is C24H14Cl2N2O7. The fourth-order valence-corrected chi connectivity index (χ4v) is 3.52. The van der Waals surface area contributed by atoms with E-state index in [1.54, 1.807) is 24.3 Å². The van der Waals surface area contributed by atoms with Crippen LogP contribution in [0, 0.1) is 10.1 Å². The van der Waals surface area contributed by atoms with Gasteiger partial charge in [0, 0.05) is 11.6 Å². The van der Waals surface area contributed by atoms with E-state index in [1.165, 1.54) is 49.6 Å². The minimum Gasteiger partial charge on any atom is -0.493 e. The largest absolute Gasteiger partial charge is 0.493 e. The first kappa shape index (κ1) is 23.9. The molecule has 11 heteroatoms. The van der Waals surface area contributed by atoms with E-state index >= 15 is 0 Å². The zero-order valence-corrected chi connectivity index (χ0v) is 19.4. The van der Waals surface area contributed by atoms with Crippen LogP contribution in [0.15, 0.2) is 71.4 Å². The van der Waals surface area contributed by atoms with E-state index in [2.05, 4.69) is 4.99 Å². The summed E-state index contributed by atoms with van der Waals surface area (Å²) in [5, 5.41) is 11.3. The average Bonchev–Trinajstić information content (AvgIpc) is 3.20. The number of aliphatic imine (C=N–C) groups is 1. The summed E-state index contributed by atoms with van der Waals surface area (Å²) in [4.78, 5) is 39.4. The van der Waals surface area contributed by atoms with Crippen LogP contribution in [-0.2, 0) is 9.53 Å². The lowest BCUT2D eigenvalue weighted by Crippen LogP contribution is -2.09. The summed E-state index contributed by atoms with van der Waals surface area (Å²) >= 11 is 11.9. The Hall–Kier alpha value is -4.21. The van der Waals surface area contributed by atoms with Crippen LogP contribution in [0.1, 0.15) is 21.5 Å². The molecule has 1 heterocycles. The maximum absolute atomic E-state index is 12.5. The Morgan fingerprint density at radius 3 is 2.54 bits per heavy atom. The van der Waals surface area contributed by atoms with Crippen molar-refractivity contribution in [2.75, 3.05) is 7.11 Å². The van der Waals surface area contributed by atoms with Gasteiger partial charge >= 0.3 is 11.9 Å². The Bertz CT molecular complexity index is 1430. The Kier molecular flexibility index (Phi) is 6.81. The third-order valence-corrected chi connectivity index (χ3v) is 5.45. The van der Waals surface area contributed by atoms with Crippen molar-refractivity contribution in [3.8, 4) is 11.5 Å². The highest BCUT2D eigenvalue weighted by molar-refractivity contribution is 6.33. The second-order valence-corrected chi connectivity index (χ2v) is 7.85. The lowest BCUT2D eigenvalue weighted by molar-refractivity contribution is -0.384. The fraction of sp³-hybridized carbons (Fsp3) is 0.0417. The Balaban J connectivity index is 1.60. The van der Waals surface area contributed by atoms with Gasteiger partial charge in [-0.05, 0) is 48.0 Å². The van der Waals surface area contributed by atoms with Gasteiger partial charge in [0.25, 0.3) is 5.69 Å². The van der Waals surface area contributed by atoms with E-state index in [0.717, 1.165) is 0 Å². The quantitative estimate of drug-likeness (QED) is 0.141. The van der Waals surface area contributed by atoms with Crippen LogP contribution in [0.4, 0.5) is 5.69 Å². The number of nitro benzene ring substituents is 1. The number of ether oxygens (including phenoxy) is 3. The number of rotatable bonds is 6. The molecule has 0 fully saturated rings. The Morgan fingerprint density at radius 1 is 1.06 bits per heavy atom. The predicted molar refractivity (Wildman–Crippen MR) is 128 cm³/mol. The Labute approximate surface area is 208 Å². The summed E-state index contributed by atoms with van der Waals surface area (Å²) in [6.45, 7) is 0. The summed E-state index contributed by atoms with van der Waals surface area (Å²) in [7, 11) is 1.40. The molecule has 0 radical (unpaired) electrons. The zero-order chi connectivity index (χ0) is 25.1. The SMILES string of the molecule is COc1cc(/C=C2\N=C(c3ccc(Cl)c([N+](=O)[O-])c3)OC2=O)ccc1OC(=O)c1ccccc1Cl. The molecule has 4 rings (SSSR count). The van der Waals surface area contributed by atoms with Gasteiger partial charge in [-0.25, -0.2) is 14.6 Å². The number of cyclic esters (lactones) is 1. The molecule has 0 spiro atoms. The lowest BCUT2D eigenvalue weighted by atomic mass is 10.1. The van der Waals surface area contributed by atoms with Crippen LogP contribution < -0.4 is 9.47 Å². The van der Waals surface area contributed by atoms with Gasteiger partial charge in [0.15, 0.2) is 17.2 Å². The van der Waals surface area contributed by atoms with E-state index in [4.69, 9.17) is 37.4 Å². The van der Waals surface area contributed by atoms with Gasteiger partial charge in [0.1, 0.15) is 5.02 Å². The van der Waals surface area contributed by atoms with Crippen LogP contribution in [0.25, 0.3) is 6.08 Å². The molecule has 1 aliphatic heterocycles. The maximum Gasteiger partial charge on any atom is 0.363 e. The molecule has 176 valence electrons. The molecule has 0 N–H and O–H groups in total. The van der Waals surface area contributed by atoms with E-state index in [9.17, 15) is 19.7 Å². The molecule has 0 amide bonds. The molecule has 0 atom stereocenters. The third kappa shape index (κ3) is 5.16. The van der Waals surface area contributed by atoms with Crippen molar-refractivity contribution < 1.29 is 28.7 Å². The van der Waals surface area contributed by atoms with Gasteiger partial charge in [0.2, 0.25) is 5.90 Å². The lowest BCUT2D eigenvalue weighted by Gasteiger charge is -2.10. The number of benzene rings is 3. The highest BCUT2D eigenvalue weighted by atomic mass is 35.5. The summed E-state index contributed by atoms with van der Waals surface area (Å²) in [6.07, 6.45) is 1.43. The number of hydrogen-bond donors (Lipinski definition) is 0. The van der Waals surface area contributed by atoms with Gasteiger partial charge < -0.3 is 14.2 Å². The number of hydrogen-bond acceptors (Lipinski definition) is 8. The van der Waals surface area contributed by atoms with Crippen molar-refractivity contribution in [3.63, 3.8) is 0 Å². The smallest absolute Gasteiger partial charge is 0.363 e. The van der Waals surface area contributed by atoms with Crippen molar-refractivity contribution in [1.82, 2.24) is 0 Å². The van der Waals surface area contributed by atoms with Crippen molar-refractivity contribution in [2.24, 2.45) is 4.99 Å². The minimum absolute atomic E-state index is 0.0412. The predicted octanol–water partition coefficient (Wildman–Crippen LogP) is 5.47. The zero-order valence-electron chi connectivity index (χ0n) is 17.9. The first-order chi connectivity index (χ1) is 16.8. The van der Waals surface area contributed by atoms with Crippen molar-refractivity contribution in [3.05, 3.63) is 103 Å². The van der Waals surface area contributed by atoms with Gasteiger partial charge in [-0.3, -0.25) is 10.1 Å². The monoisotopic (exact) mass is 512 g/mol. The average molecular weight is 513 g/mol. The standard InChI is InChI=1S/C24H14Cl2N2O7/c1-33-21-11-13(6-9-20(21)34-23(29)15-4-2-3-5-16(15)25)10-18-24(30)35-22(27-18)14-7-8-17(26)19(12-14)28(31)32/h2-12H,1H3/b18-10-. The second kappa shape index (κ2) is 9.96. The molecule has 1 aliphatic rings. The van der Waals surface area contributed by atoms with E-state index in [1.807, 2.05) is 0 Å². The molecule has 3 aromatic rings. The van der Waals surface area contributed by atoms with Crippen LogP contribution in [0.3, 0.4) is 0 Å². The molecule has 0 bridgehead atoms. The fourth-order valence-electron chi connectivity index (χ4n) is 3.12. The molecule has 0 saturated heterocycles. The van der Waals surface area contributed by atoms with Crippen molar-refractivity contribution in [1.29, 1.82) is 0 Å². The number of carbonyl (C=O) groups is 2. The summed E-state index contributed by atoms with van der Waals surface area (Å²) in [5.74, 6) is -1.13. The van der Waals surface area contributed by atoms with Crippen LogP contribution >= 0.6 is 23.2 Å². The van der Waals surface area contributed by atoms with Crippen LogP contribution in [0.5, 0.6) is 11.5 Å². The molecule has 0 aromatic heterocycles. The topological polar surface area (TPSA) is 117 Å². The first-order valence-electron chi connectivity index (χ1n) is 9.88. The van der Waals surface area contributed by atoms with Gasteiger partial charge in [-0.1, -0.05) is 41.4 Å². The summed E-state index contributed by atoms with van der Waals surface area (Å²) < 4.78 is 15.9.